The van der Waals surface area contributed by atoms with Gasteiger partial charge in [-0.1, -0.05) is 41.4 Å². The van der Waals surface area contributed by atoms with E-state index in [1.165, 1.54) is 6.07 Å². The van der Waals surface area contributed by atoms with Crippen LogP contribution in [0.15, 0.2) is 53.8 Å². The molecule has 0 radical (unpaired) electrons. The zero-order valence-electron chi connectivity index (χ0n) is 14.1. The number of H-pyrrole nitrogens is 1. The lowest BCUT2D eigenvalue weighted by Crippen LogP contribution is -2.20. The van der Waals surface area contributed by atoms with Crippen molar-refractivity contribution in [3.63, 3.8) is 0 Å². The Hall–Kier alpha value is -2.83. The van der Waals surface area contributed by atoms with Crippen molar-refractivity contribution in [3.05, 3.63) is 64.3 Å². The average molecular weight is 403 g/mol. The van der Waals surface area contributed by atoms with E-state index in [0.29, 0.717) is 15.7 Å². The fraction of sp³-hybridized carbons (Fsp3) is 0.105. The number of amides is 2. The lowest BCUT2D eigenvalue weighted by molar-refractivity contribution is -0.124. The van der Waals surface area contributed by atoms with Gasteiger partial charge >= 0.3 is 0 Å². The van der Waals surface area contributed by atoms with Gasteiger partial charge in [0.05, 0.1) is 16.9 Å². The molecule has 0 spiro atoms. The van der Waals surface area contributed by atoms with Crippen LogP contribution in [0, 0.1) is 0 Å². The molecule has 3 aromatic rings. The van der Waals surface area contributed by atoms with Crippen molar-refractivity contribution < 1.29 is 9.59 Å². The van der Waals surface area contributed by atoms with E-state index >= 15 is 0 Å². The summed E-state index contributed by atoms with van der Waals surface area (Å²) in [5.74, 6) is -0.682. The van der Waals surface area contributed by atoms with E-state index in [9.17, 15) is 9.59 Å². The van der Waals surface area contributed by atoms with Crippen LogP contribution in [0.1, 0.15) is 18.4 Å². The van der Waals surface area contributed by atoms with Crippen molar-refractivity contribution in [2.45, 2.75) is 12.8 Å². The topological polar surface area (TPSA) is 86.3 Å². The van der Waals surface area contributed by atoms with E-state index in [2.05, 4.69) is 20.8 Å². The van der Waals surface area contributed by atoms with Crippen molar-refractivity contribution in [1.82, 2.24) is 10.4 Å². The Morgan fingerprint density at radius 2 is 1.85 bits per heavy atom. The van der Waals surface area contributed by atoms with Gasteiger partial charge in [-0.05, 0) is 24.3 Å². The molecule has 3 N–H and O–H groups in total. The molecule has 0 saturated heterocycles. The summed E-state index contributed by atoms with van der Waals surface area (Å²) in [6, 6.07) is 12.5. The first-order valence-electron chi connectivity index (χ1n) is 8.16. The van der Waals surface area contributed by atoms with Crippen LogP contribution in [0.2, 0.25) is 10.0 Å². The Balaban J connectivity index is 1.47. The van der Waals surface area contributed by atoms with Crippen LogP contribution in [0.25, 0.3) is 10.9 Å². The highest BCUT2D eigenvalue weighted by Gasteiger charge is 2.09. The Kier molecular flexibility index (Phi) is 6.11. The quantitative estimate of drug-likeness (QED) is 0.422. The number of aromatic amines is 1. The van der Waals surface area contributed by atoms with E-state index < -0.39 is 0 Å². The minimum Gasteiger partial charge on any atom is -0.361 e. The van der Waals surface area contributed by atoms with Crippen LogP contribution < -0.4 is 10.7 Å². The number of hydrogen-bond acceptors (Lipinski definition) is 3. The summed E-state index contributed by atoms with van der Waals surface area (Å²) in [4.78, 5) is 26.9. The lowest BCUT2D eigenvalue weighted by atomic mass is 10.2. The first-order valence-corrected chi connectivity index (χ1v) is 8.91. The summed E-state index contributed by atoms with van der Waals surface area (Å²) >= 11 is 11.8. The predicted molar refractivity (Wildman–Crippen MR) is 108 cm³/mol. The molecule has 6 nitrogen and oxygen atoms in total. The lowest BCUT2D eigenvalue weighted by Gasteiger charge is -2.07. The monoisotopic (exact) mass is 402 g/mol. The van der Waals surface area contributed by atoms with Crippen molar-refractivity contribution in [3.8, 4) is 0 Å². The van der Waals surface area contributed by atoms with Crippen LogP contribution in [0.5, 0.6) is 0 Å². The summed E-state index contributed by atoms with van der Waals surface area (Å²) in [6.45, 7) is 0. The van der Waals surface area contributed by atoms with Crippen molar-refractivity contribution >= 4 is 57.8 Å². The second-order valence-corrected chi connectivity index (χ2v) is 6.60. The molecule has 27 heavy (non-hydrogen) atoms. The molecule has 0 unspecified atom stereocenters. The predicted octanol–water partition coefficient (Wildman–Crippen LogP) is 4.34. The zero-order chi connectivity index (χ0) is 19.2. The molecule has 0 atom stereocenters. The van der Waals surface area contributed by atoms with E-state index in [-0.39, 0.29) is 24.7 Å². The van der Waals surface area contributed by atoms with Crippen LogP contribution in [0.4, 0.5) is 5.69 Å². The van der Waals surface area contributed by atoms with E-state index in [0.717, 1.165) is 16.5 Å². The number of hydrogen-bond donors (Lipinski definition) is 3. The molecule has 8 heteroatoms. The molecule has 0 saturated carbocycles. The third-order valence-electron chi connectivity index (χ3n) is 3.80. The standard InChI is InChI=1S/C19H16Cl2N4O2/c20-13-5-6-17(15(21)9-13)24-18(26)7-8-19(27)25-23-11-12-10-22-16-4-2-1-3-14(12)16/h1-6,9-11,22H,7-8H2,(H,24,26)(H,25,27)/b23-11+. The van der Waals surface area contributed by atoms with E-state index in [1.54, 1.807) is 18.3 Å². The first-order chi connectivity index (χ1) is 13.0. The summed E-state index contributed by atoms with van der Waals surface area (Å²) in [5, 5.41) is 8.40. The molecule has 1 heterocycles. The maximum atomic E-state index is 11.9. The Morgan fingerprint density at radius 3 is 2.67 bits per heavy atom. The minimum atomic E-state index is -0.358. The average Bonchev–Trinajstić information content (AvgIpc) is 3.06. The Labute approximate surface area is 165 Å². The summed E-state index contributed by atoms with van der Waals surface area (Å²) < 4.78 is 0. The fourth-order valence-corrected chi connectivity index (χ4v) is 2.92. The molecule has 0 fully saturated rings. The number of carbonyl (C=O) groups is 2. The van der Waals surface area contributed by atoms with E-state index in [1.807, 2.05) is 30.5 Å². The van der Waals surface area contributed by atoms with Crippen molar-refractivity contribution in [2.24, 2.45) is 5.10 Å². The van der Waals surface area contributed by atoms with Crippen LogP contribution >= 0.6 is 23.2 Å². The van der Waals surface area contributed by atoms with Crippen molar-refractivity contribution in [1.29, 1.82) is 0 Å². The second kappa shape index (κ2) is 8.70. The summed E-state index contributed by atoms with van der Waals surface area (Å²) in [5.41, 5.74) is 4.72. The van der Waals surface area contributed by atoms with Gasteiger partial charge in [0.2, 0.25) is 11.8 Å². The number of fused-ring (bicyclic) bond motifs is 1. The van der Waals surface area contributed by atoms with Gasteiger partial charge in [-0.25, -0.2) is 5.43 Å². The molecule has 3 rings (SSSR count). The molecule has 0 aliphatic heterocycles. The molecule has 2 aromatic carbocycles. The highest BCUT2D eigenvalue weighted by Crippen LogP contribution is 2.25. The zero-order valence-corrected chi connectivity index (χ0v) is 15.6. The van der Waals surface area contributed by atoms with E-state index in [4.69, 9.17) is 23.2 Å². The van der Waals surface area contributed by atoms with Gasteiger partial charge in [0, 0.05) is 40.5 Å². The molecule has 1 aromatic heterocycles. The van der Waals surface area contributed by atoms with Gasteiger partial charge < -0.3 is 10.3 Å². The number of anilines is 1. The van der Waals surface area contributed by atoms with Gasteiger partial charge in [0.25, 0.3) is 0 Å². The summed E-state index contributed by atoms with van der Waals surface area (Å²) in [7, 11) is 0. The number of carbonyl (C=O) groups excluding carboxylic acids is 2. The molecule has 0 aliphatic rings. The molecule has 0 aliphatic carbocycles. The Bertz CT molecular complexity index is 1010. The van der Waals surface area contributed by atoms with Gasteiger partial charge in [0.15, 0.2) is 0 Å². The molecule has 2 amide bonds. The van der Waals surface area contributed by atoms with Crippen LogP contribution in [0.3, 0.4) is 0 Å². The largest absolute Gasteiger partial charge is 0.361 e. The highest BCUT2D eigenvalue weighted by molar-refractivity contribution is 6.36. The maximum Gasteiger partial charge on any atom is 0.240 e. The summed E-state index contributed by atoms with van der Waals surface area (Å²) in [6.07, 6.45) is 3.38. The first kappa shape index (κ1) is 18.9. The van der Waals surface area contributed by atoms with Gasteiger partial charge in [-0.15, -0.1) is 0 Å². The smallest absolute Gasteiger partial charge is 0.240 e. The fourth-order valence-electron chi connectivity index (χ4n) is 2.46. The second-order valence-electron chi connectivity index (χ2n) is 5.76. The number of benzene rings is 2. The number of nitrogens with zero attached hydrogens (tertiary/aromatic N) is 1. The number of aromatic nitrogens is 1. The number of nitrogens with one attached hydrogen (secondary N) is 3. The number of para-hydroxylation sites is 1. The van der Waals surface area contributed by atoms with Gasteiger partial charge in [-0.3, -0.25) is 9.59 Å². The molecule has 0 bridgehead atoms. The van der Waals surface area contributed by atoms with Gasteiger partial charge in [-0.2, -0.15) is 5.10 Å². The molecular formula is C19H16Cl2N4O2. The maximum absolute atomic E-state index is 11.9. The molecule has 138 valence electrons. The SMILES string of the molecule is O=C(CCC(=O)Nc1ccc(Cl)cc1Cl)N/N=C/c1c[nH]c2ccccc12. The minimum absolute atomic E-state index is 0.00225. The number of hydrazone groups is 1. The number of rotatable bonds is 6. The molecular weight excluding hydrogens is 387 g/mol. The third-order valence-corrected chi connectivity index (χ3v) is 4.35. The van der Waals surface area contributed by atoms with Crippen LogP contribution in [-0.2, 0) is 9.59 Å². The van der Waals surface area contributed by atoms with Gasteiger partial charge in [0.1, 0.15) is 0 Å². The van der Waals surface area contributed by atoms with Crippen molar-refractivity contribution in [2.75, 3.05) is 5.32 Å². The Morgan fingerprint density at radius 1 is 1.07 bits per heavy atom. The third kappa shape index (κ3) is 5.09. The number of halogens is 2. The normalized spacial score (nSPS) is 11.0. The van der Waals surface area contributed by atoms with Crippen LogP contribution in [-0.4, -0.2) is 23.0 Å². The highest BCUT2D eigenvalue weighted by atomic mass is 35.5.